The molecule has 0 bridgehead atoms. The van der Waals surface area contributed by atoms with Gasteiger partial charge in [-0.1, -0.05) is 53.1 Å². The van der Waals surface area contributed by atoms with Crippen molar-refractivity contribution in [3.05, 3.63) is 89.5 Å². The zero-order valence-electron chi connectivity index (χ0n) is 19.6. The van der Waals surface area contributed by atoms with Crippen molar-refractivity contribution in [2.45, 2.75) is 20.8 Å². The molecular formula is C24H27N6O4P. The standard InChI is InChI=1S/C21H21O4P.C3H6N6/c1-16-4-10-19(11-5-16)23-26(22,24-20-12-6-17(2)7-13-20)25-21-14-8-18(3)9-15-21;4-1-7-2(5)9-3(6)8-1/h4-15H,1-3H3;(H6,4,5,6,7,8,9). The van der Waals surface area contributed by atoms with Gasteiger partial charge in [-0.25, -0.2) is 0 Å². The van der Waals surface area contributed by atoms with E-state index >= 15 is 0 Å². The van der Waals surface area contributed by atoms with E-state index in [1.54, 1.807) is 36.4 Å². The predicted octanol–water partition coefficient (Wildman–Crippen LogP) is 4.87. The maximum absolute atomic E-state index is 13.3. The van der Waals surface area contributed by atoms with Gasteiger partial charge < -0.3 is 30.8 Å². The molecule has 0 radical (unpaired) electrons. The van der Waals surface area contributed by atoms with Gasteiger partial charge >= 0.3 is 7.82 Å². The maximum Gasteiger partial charge on any atom is 0.647 e. The van der Waals surface area contributed by atoms with Crippen molar-refractivity contribution >= 4 is 25.7 Å². The third kappa shape index (κ3) is 8.21. The average Bonchev–Trinajstić information content (AvgIpc) is 2.78. The first kappa shape index (κ1) is 25.3. The minimum absolute atomic E-state index is 0.0417. The summed E-state index contributed by atoms with van der Waals surface area (Å²) in [4.78, 5) is 10.5. The lowest BCUT2D eigenvalue weighted by Gasteiger charge is -2.19. The van der Waals surface area contributed by atoms with E-state index in [2.05, 4.69) is 15.0 Å². The van der Waals surface area contributed by atoms with Crippen LogP contribution >= 0.6 is 7.82 Å². The number of rotatable bonds is 6. The molecule has 0 fully saturated rings. The van der Waals surface area contributed by atoms with Crippen LogP contribution in [0.4, 0.5) is 17.8 Å². The van der Waals surface area contributed by atoms with Gasteiger partial charge in [-0.15, -0.1) is 0 Å². The third-order valence-corrected chi connectivity index (χ3v) is 5.71. The number of nitrogens with zero attached hydrogens (tertiary/aromatic N) is 3. The van der Waals surface area contributed by atoms with Gasteiger partial charge in [0.05, 0.1) is 0 Å². The molecule has 1 heterocycles. The minimum Gasteiger partial charge on any atom is -0.386 e. The molecule has 0 saturated heterocycles. The zero-order chi connectivity index (χ0) is 25.4. The van der Waals surface area contributed by atoms with Crippen molar-refractivity contribution < 1.29 is 18.1 Å². The van der Waals surface area contributed by atoms with Gasteiger partial charge in [0.2, 0.25) is 17.8 Å². The van der Waals surface area contributed by atoms with Crippen LogP contribution in [-0.2, 0) is 4.57 Å². The number of benzene rings is 3. The van der Waals surface area contributed by atoms with Crippen LogP contribution in [-0.4, -0.2) is 15.0 Å². The topological polar surface area (TPSA) is 161 Å². The Balaban J connectivity index is 0.000000320. The Hall–Kier alpha value is -4.30. The lowest BCUT2D eigenvalue weighted by atomic mass is 10.2. The van der Waals surface area contributed by atoms with Gasteiger partial charge in [-0.05, 0) is 57.2 Å². The molecule has 1 aromatic heterocycles. The van der Waals surface area contributed by atoms with Crippen molar-refractivity contribution in [2.75, 3.05) is 17.2 Å². The molecule has 35 heavy (non-hydrogen) atoms. The summed E-state index contributed by atoms with van der Waals surface area (Å²) >= 11 is 0. The molecule has 0 spiro atoms. The molecule has 0 atom stereocenters. The maximum atomic E-state index is 13.3. The fraction of sp³-hybridized carbons (Fsp3) is 0.125. The lowest BCUT2D eigenvalue weighted by molar-refractivity contribution is 0.298. The fourth-order valence-corrected chi connectivity index (χ4v) is 3.92. The summed E-state index contributed by atoms with van der Waals surface area (Å²) in [7, 11) is -3.93. The van der Waals surface area contributed by atoms with Crippen molar-refractivity contribution in [3.63, 3.8) is 0 Å². The molecule has 3 aromatic carbocycles. The molecule has 4 aromatic rings. The normalized spacial score (nSPS) is 10.6. The van der Waals surface area contributed by atoms with E-state index in [0.29, 0.717) is 17.2 Å². The smallest absolute Gasteiger partial charge is 0.386 e. The molecule has 11 heteroatoms. The number of nitrogen functional groups attached to an aromatic ring is 3. The molecule has 0 aliphatic carbocycles. The number of phosphoric ester groups is 1. The molecule has 4 rings (SSSR count). The molecule has 0 aliphatic heterocycles. The minimum atomic E-state index is -3.93. The van der Waals surface area contributed by atoms with Crippen molar-refractivity contribution in [1.29, 1.82) is 0 Å². The Kier molecular flexibility index (Phi) is 8.12. The van der Waals surface area contributed by atoms with E-state index in [-0.39, 0.29) is 17.8 Å². The first-order chi connectivity index (χ1) is 16.6. The van der Waals surface area contributed by atoms with Crippen molar-refractivity contribution in [2.24, 2.45) is 0 Å². The molecular weight excluding hydrogens is 467 g/mol. The van der Waals surface area contributed by atoms with E-state index in [1.165, 1.54) is 0 Å². The monoisotopic (exact) mass is 494 g/mol. The second kappa shape index (κ2) is 11.2. The highest BCUT2D eigenvalue weighted by atomic mass is 31.2. The first-order valence-corrected chi connectivity index (χ1v) is 12.0. The number of phosphoric acid groups is 1. The van der Waals surface area contributed by atoms with E-state index in [9.17, 15) is 4.57 Å². The van der Waals surface area contributed by atoms with Crippen LogP contribution in [0.3, 0.4) is 0 Å². The van der Waals surface area contributed by atoms with E-state index in [1.807, 2.05) is 57.2 Å². The fourth-order valence-electron chi connectivity index (χ4n) is 2.67. The molecule has 0 unspecified atom stereocenters. The highest BCUT2D eigenvalue weighted by molar-refractivity contribution is 7.49. The average molecular weight is 494 g/mol. The summed E-state index contributed by atoms with van der Waals surface area (Å²) in [6, 6.07) is 21.6. The molecule has 6 N–H and O–H groups in total. The second-order valence-electron chi connectivity index (χ2n) is 7.57. The third-order valence-electron chi connectivity index (χ3n) is 4.40. The van der Waals surface area contributed by atoms with Crippen LogP contribution in [0.5, 0.6) is 17.2 Å². The van der Waals surface area contributed by atoms with Crippen LogP contribution in [0.1, 0.15) is 16.7 Å². The van der Waals surface area contributed by atoms with E-state index in [4.69, 9.17) is 30.8 Å². The summed E-state index contributed by atoms with van der Waals surface area (Å²) in [6.45, 7) is 5.90. The number of aryl methyl sites for hydroxylation is 3. The Morgan fingerprint density at radius 2 is 0.743 bits per heavy atom. The summed E-state index contributed by atoms with van der Waals surface area (Å²) in [6.07, 6.45) is 0. The van der Waals surface area contributed by atoms with Crippen LogP contribution in [0.25, 0.3) is 0 Å². The van der Waals surface area contributed by atoms with Crippen molar-refractivity contribution in [3.8, 4) is 17.2 Å². The summed E-state index contributed by atoms with van der Waals surface area (Å²) in [5.74, 6) is 1.37. The van der Waals surface area contributed by atoms with Gasteiger partial charge in [-0.2, -0.15) is 19.5 Å². The Bertz CT molecular complexity index is 1130. The lowest BCUT2D eigenvalue weighted by Crippen LogP contribution is -2.07. The second-order valence-corrected chi connectivity index (χ2v) is 9.01. The highest BCUT2D eigenvalue weighted by Gasteiger charge is 2.33. The number of anilines is 3. The van der Waals surface area contributed by atoms with Gasteiger partial charge in [0, 0.05) is 0 Å². The highest BCUT2D eigenvalue weighted by Crippen LogP contribution is 2.49. The molecule has 0 saturated carbocycles. The quantitative estimate of drug-likeness (QED) is 0.315. The Labute approximate surface area is 203 Å². The summed E-state index contributed by atoms with van der Waals surface area (Å²) < 4.78 is 30.2. The molecule has 182 valence electrons. The number of hydrogen-bond acceptors (Lipinski definition) is 10. The van der Waals surface area contributed by atoms with Crippen molar-refractivity contribution in [1.82, 2.24) is 15.0 Å². The summed E-state index contributed by atoms with van der Waals surface area (Å²) in [5, 5.41) is 0. The largest absolute Gasteiger partial charge is 0.647 e. The molecule has 0 aliphatic rings. The van der Waals surface area contributed by atoms with Gasteiger partial charge in [-0.3, -0.25) is 0 Å². The SMILES string of the molecule is Cc1ccc(OP(=O)(Oc2ccc(C)cc2)Oc2ccc(C)cc2)cc1.Nc1nc(N)nc(N)n1. The Morgan fingerprint density at radius 1 is 0.514 bits per heavy atom. The van der Waals surface area contributed by atoms with E-state index in [0.717, 1.165) is 16.7 Å². The van der Waals surface area contributed by atoms with Crippen LogP contribution in [0.15, 0.2) is 72.8 Å². The van der Waals surface area contributed by atoms with Crippen LogP contribution in [0, 0.1) is 20.8 Å². The van der Waals surface area contributed by atoms with Crippen LogP contribution in [0.2, 0.25) is 0 Å². The van der Waals surface area contributed by atoms with E-state index < -0.39 is 7.82 Å². The first-order valence-electron chi connectivity index (χ1n) is 10.5. The predicted molar refractivity (Wildman–Crippen MR) is 136 cm³/mol. The van der Waals surface area contributed by atoms with Gasteiger partial charge in [0.25, 0.3) is 0 Å². The summed E-state index contributed by atoms with van der Waals surface area (Å²) in [5.41, 5.74) is 18.6. The number of hydrogen-bond donors (Lipinski definition) is 3. The Morgan fingerprint density at radius 3 is 0.971 bits per heavy atom. The molecule has 10 nitrogen and oxygen atoms in total. The van der Waals surface area contributed by atoms with Gasteiger partial charge in [0.15, 0.2) is 0 Å². The number of nitrogens with two attached hydrogens (primary N) is 3. The number of aromatic nitrogens is 3. The zero-order valence-corrected chi connectivity index (χ0v) is 20.5. The molecule has 0 amide bonds. The van der Waals surface area contributed by atoms with Crippen LogP contribution < -0.4 is 30.8 Å². The van der Waals surface area contributed by atoms with Gasteiger partial charge in [0.1, 0.15) is 17.2 Å².